The molecule has 2 N–H and O–H groups in total. The van der Waals surface area contributed by atoms with Gasteiger partial charge in [0.2, 0.25) is 0 Å². The lowest BCUT2D eigenvalue weighted by atomic mass is 9.87. The van der Waals surface area contributed by atoms with Crippen molar-refractivity contribution in [2.24, 2.45) is 0 Å². The molecule has 0 aromatic heterocycles. The molecule has 1 aromatic carbocycles. The first kappa shape index (κ1) is 12.4. The third-order valence-electron chi connectivity index (χ3n) is 3.14. The number of hydrogen-bond donors (Lipinski definition) is 2. The molecule has 96 valence electrons. The van der Waals surface area contributed by atoms with Crippen LogP contribution in [0.15, 0.2) is 18.4 Å². The van der Waals surface area contributed by atoms with E-state index in [-0.39, 0.29) is 29.6 Å². The molecule has 0 bridgehead atoms. The lowest BCUT2D eigenvalue weighted by Gasteiger charge is -2.27. The number of esters is 1. The maximum absolute atomic E-state index is 11.8. The lowest BCUT2D eigenvalue weighted by Crippen LogP contribution is -2.21. The Morgan fingerprint density at radius 2 is 2.22 bits per heavy atom. The summed E-state index contributed by atoms with van der Waals surface area (Å²) in [6, 6.07) is 1.30. The normalized spacial score (nSPS) is 18.3. The van der Waals surface area contributed by atoms with E-state index in [1.807, 2.05) is 0 Å². The van der Waals surface area contributed by atoms with Crippen molar-refractivity contribution in [2.75, 3.05) is 7.11 Å². The number of cyclic esters (lactones) is 1. The van der Waals surface area contributed by atoms with Crippen molar-refractivity contribution in [1.29, 1.82) is 0 Å². The molecule has 1 unspecified atom stereocenters. The molecule has 18 heavy (non-hydrogen) atoms. The molecular formula is C13H14O5. The minimum Gasteiger partial charge on any atom is -0.507 e. The van der Waals surface area contributed by atoms with E-state index in [1.54, 1.807) is 6.92 Å². The van der Waals surface area contributed by atoms with Crippen molar-refractivity contribution in [3.8, 4) is 11.5 Å². The van der Waals surface area contributed by atoms with Gasteiger partial charge in [0.05, 0.1) is 13.7 Å². The van der Waals surface area contributed by atoms with E-state index < -0.39 is 5.97 Å². The number of aliphatic hydroxyl groups is 1. The molecule has 0 saturated heterocycles. The number of ether oxygens (including phenoxy) is 2. The summed E-state index contributed by atoms with van der Waals surface area (Å²) in [5.41, 5.74) is 1.05. The van der Waals surface area contributed by atoms with E-state index in [1.165, 1.54) is 13.2 Å². The SMILES string of the molecule is C=C1OC(=O)c2c(O)cc(OC)c(CO)c2C1C. The fourth-order valence-electron chi connectivity index (χ4n) is 2.16. The number of aromatic hydroxyl groups is 1. The molecule has 1 aliphatic heterocycles. The zero-order valence-corrected chi connectivity index (χ0v) is 10.2. The van der Waals surface area contributed by atoms with Crippen molar-refractivity contribution >= 4 is 5.97 Å². The van der Waals surface area contributed by atoms with Crippen LogP contribution in [0.2, 0.25) is 0 Å². The second-order valence-electron chi connectivity index (χ2n) is 4.10. The summed E-state index contributed by atoms with van der Waals surface area (Å²) in [6.45, 7) is 5.15. The second kappa shape index (κ2) is 4.34. The summed E-state index contributed by atoms with van der Waals surface area (Å²) in [4.78, 5) is 11.8. The van der Waals surface area contributed by atoms with Gasteiger partial charge in [-0.15, -0.1) is 0 Å². The topological polar surface area (TPSA) is 76.0 Å². The maximum Gasteiger partial charge on any atom is 0.347 e. The highest BCUT2D eigenvalue weighted by Gasteiger charge is 2.34. The van der Waals surface area contributed by atoms with Crippen LogP contribution in [0.4, 0.5) is 0 Å². The van der Waals surface area contributed by atoms with Gasteiger partial charge in [-0.25, -0.2) is 4.79 Å². The van der Waals surface area contributed by atoms with Crippen molar-refractivity contribution < 1.29 is 24.5 Å². The number of carbonyl (C=O) groups is 1. The highest BCUT2D eigenvalue weighted by Crippen LogP contribution is 2.43. The molecule has 0 saturated carbocycles. The quantitative estimate of drug-likeness (QED) is 0.781. The molecule has 1 aliphatic rings. The van der Waals surface area contributed by atoms with Gasteiger partial charge in [-0.1, -0.05) is 13.5 Å². The van der Waals surface area contributed by atoms with E-state index in [0.717, 1.165) is 0 Å². The molecule has 5 heteroatoms. The number of allylic oxidation sites excluding steroid dienone is 1. The number of hydrogen-bond acceptors (Lipinski definition) is 5. The van der Waals surface area contributed by atoms with Gasteiger partial charge in [-0.2, -0.15) is 0 Å². The van der Waals surface area contributed by atoms with E-state index in [2.05, 4.69) is 6.58 Å². The van der Waals surface area contributed by atoms with Crippen LogP contribution in [0.25, 0.3) is 0 Å². The Kier molecular flexibility index (Phi) is 3.00. The maximum atomic E-state index is 11.8. The molecule has 0 amide bonds. The van der Waals surface area contributed by atoms with Gasteiger partial charge in [0.1, 0.15) is 22.8 Å². The Hall–Kier alpha value is -2.01. The molecule has 5 nitrogen and oxygen atoms in total. The largest absolute Gasteiger partial charge is 0.507 e. The fraction of sp³-hybridized carbons (Fsp3) is 0.308. The van der Waals surface area contributed by atoms with Gasteiger partial charge >= 0.3 is 5.97 Å². The number of methoxy groups -OCH3 is 1. The molecule has 0 radical (unpaired) electrons. The summed E-state index contributed by atoms with van der Waals surface area (Å²) in [7, 11) is 1.43. The van der Waals surface area contributed by atoms with Crippen LogP contribution in [0, 0.1) is 0 Å². The average Bonchev–Trinajstić information content (AvgIpc) is 2.34. The molecular weight excluding hydrogens is 236 g/mol. The van der Waals surface area contributed by atoms with Crippen LogP contribution < -0.4 is 4.74 Å². The summed E-state index contributed by atoms with van der Waals surface area (Å²) < 4.78 is 10.1. The summed E-state index contributed by atoms with van der Waals surface area (Å²) >= 11 is 0. The van der Waals surface area contributed by atoms with Crippen LogP contribution in [-0.4, -0.2) is 23.3 Å². The van der Waals surface area contributed by atoms with E-state index in [9.17, 15) is 15.0 Å². The number of rotatable bonds is 2. The summed E-state index contributed by atoms with van der Waals surface area (Å²) in [6.07, 6.45) is 0. The Morgan fingerprint density at radius 1 is 1.56 bits per heavy atom. The lowest BCUT2D eigenvalue weighted by molar-refractivity contribution is 0.0579. The zero-order chi connectivity index (χ0) is 13.4. The Morgan fingerprint density at radius 3 is 2.78 bits per heavy atom. The van der Waals surface area contributed by atoms with Crippen LogP contribution >= 0.6 is 0 Å². The zero-order valence-electron chi connectivity index (χ0n) is 10.2. The minimum atomic E-state index is -0.664. The van der Waals surface area contributed by atoms with Crippen LogP contribution in [0.1, 0.15) is 34.3 Å². The first-order valence-corrected chi connectivity index (χ1v) is 5.45. The van der Waals surface area contributed by atoms with Gasteiger partial charge in [0, 0.05) is 17.5 Å². The predicted octanol–water partition coefficient (Wildman–Crippen LogP) is 1.68. The number of phenols is 1. The molecule has 1 atom stereocenters. The predicted molar refractivity (Wildman–Crippen MR) is 63.6 cm³/mol. The van der Waals surface area contributed by atoms with Crippen molar-refractivity contribution in [3.63, 3.8) is 0 Å². The van der Waals surface area contributed by atoms with Gasteiger partial charge in [-0.05, 0) is 5.56 Å². The van der Waals surface area contributed by atoms with Gasteiger partial charge in [-0.3, -0.25) is 0 Å². The molecule has 0 fully saturated rings. The molecule has 0 spiro atoms. The van der Waals surface area contributed by atoms with E-state index in [0.29, 0.717) is 16.9 Å². The van der Waals surface area contributed by atoms with Gasteiger partial charge in [0.25, 0.3) is 0 Å². The molecule has 1 heterocycles. The fourth-order valence-corrected chi connectivity index (χ4v) is 2.16. The molecule has 0 aliphatic carbocycles. The highest BCUT2D eigenvalue weighted by atomic mass is 16.5. The Bertz CT molecular complexity index is 533. The smallest absolute Gasteiger partial charge is 0.347 e. The number of benzene rings is 1. The number of aliphatic hydroxyl groups excluding tert-OH is 1. The monoisotopic (exact) mass is 250 g/mol. The van der Waals surface area contributed by atoms with Gasteiger partial charge < -0.3 is 19.7 Å². The number of carbonyl (C=O) groups excluding carboxylic acids is 1. The van der Waals surface area contributed by atoms with Gasteiger partial charge in [0.15, 0.2) is 0 Å². The highest BCUT2D eigenvalue weighted by molar-refractivity contribution is 5.97. The average molecular weight is 250 g/mol. The Balaban J connectivity index is 2.80. The second-order valence-corrected chi connectivity index (χ2v) is 4.10. The van der Waals surface area contributed by atoms with Crippen molar-refractivity contribution in [3.05, 3.63) is 35.1 Å². The number of fused-ring (bicyclic) bond motifs is 1. The minimum absolute atomic E-state index is 0.0692. The standard InChI is InChI=1S/C13H14O5/c1-6-7(2)18-13(16)12-9(15)4-10(17-3)8(5-14)11(6)12/h4,6,14-15H,2,5H2,1,3H3. The third-order valence-corrected chi connectivity index (χ3v) is 3.14. The van der Waals surface area contributed by atoms with Crippen LogP contribution in [0.5, 0.6) is 11.5 Å². The van der Waals surface area contributed by atoms with E-state index in [4.69, 9.17) is 9.47 Å². The third kappa shape index (κ3) is 1.64. The van der Waals surface area contributed by atoms with Crippen molar-refractivity contribution in [2.45, 2.75) is 19.4 Å². The summed E-state index contributed by atoms with van der Waals surface area (Å²) in [5, 5.41) is 19.3. The molecule has 1 aromatic rings. The first-order chi connectivity index (χ1) is 8.51. The van der Waals surface area contributed by atoms with E-state index >= 15 is 0 Å². The molecule has 2 rings (SSSR count). The Labute approximate surface area is 104 Å². The summed E-state index contributed by atoms with van der Waals surface area (Å²) in [5.74, 6) is -0.565. The van der Waals surface area contributed by atoms with Crippen molar-refractivity contribution in [1.82, 2.24) is 0 Å². The van der Waals surface area contributed by atoms with Crippen LogP contribution in [-0.2, 0) is 11.3 Å². The first-order valence-electron chi connectivity index (χ1n) is 5.45. The van der Waals surface area contributed by atoms with Crippen LogP contribution in [0.3, 0.4) is 0 Å². The number of phenolic OH excluding ortho intramolecular Hbond substituents is 1.